The molecular formula is C14H22N2O4. The summed E-state index contributed by atoms with van der Waals surface area (Å²) >= 11 is 0. The van der Waals surface area contributed by atoms with Gasteiger partial charge in [-0.1, -0.05) is 12.8 Å². The van der Waals surface area contributed by atoms with Crippen molar-refractivity contribution >= 4 is 17.7 Å². The Balaban J connectivity index is 1.89. The number of aliphatic hydroxyl groups is 1. The molecule has 0 aromatic heterocycles. The van der Waals surface area contributed by atoms with Crippen LogP contribution in [-0.2, 0) is 14.4 Å². The number of likely N-dealkylation sites (tertiary alicyclic amines) is 2. The molecule has 2 heterocycles. The Kier molecular flexibility index (Phi) is 5.11. The SMILES string of the molecule is O=C1CCC(=O)N1CCC(=O)N1CCCCCC1CO. The number of amides is 3. The van der Waals surface area contributed by atoms with Crippen molar-refractivity contribution < 1.29 is 19.5 Å². The normalized spacial score (nSPS) is 24.1. The van der Waals surface area contributed by atoms with Crippen molar-refractivity contribution in [1.29, 1.82) is 0 Å². The van der Waals surface area contributed by atoms with Crippen LogP contribution in [0.5, 0.6) is 0 Å². The van der Waals surface area contributed by atoms with Gasteiger partial charge in [0.25, 0.3) is 0 Å². The molecule has 2 rings (SSSR count). The van der Waals surface area contributed by atoms with Crippen LogP contribution in [0.4, 0.5) is 0 Å². The third-order valence-corrected chi connectivity index (χ3v) is 4.11. The minimum Gasteiger partial charge on any atom is -0.394 e. The highest BCUT2D eigenvalue weighted by Gasteiger charge is 2.30. The molecule has 1 atom stereocenters. The van der Waals surface area contributed by atoms with E-state index in [1.165, 1.54) is 4.90 Å². The van der Waals surface area contributed by atoms with Crippen LogP contribution in [0.2, 0.25) is 0 Å². The lowest BCUT2D eigenvalue weighted by Gasteiger charge is -2.29. The highest BCUT2D eigenvalue weighted by atomic mass is 16.3. The number of nitrogens with zero attached hydrogens (tertiary/aromatic N) is 2. The first kappa shape index (κ1) is 15.0. The third-order valence-electron chi connectivity index (χ3n) is 4.11. The summed E-state index contributed by atoms with van der Waals surface area (Å²) in [6, 6.07) is -0.116. The Morgan fingerprint density at radius 1 is 1.15 bits per heavy atom. The number of carbonyl (C=O) groups is 3. The Hall–Kier alpha value is -1.43. The molecule has 1 unspecified atom stereocenters. The predicted octanol–water partition coefficient (Wildman–Crippen LogP) is 0.289. The number of hydrogen-bond donors (Lipinski definition) is 1. The maximum atomic E-state index is 12.3. The van der Waals surface area contributed by atoms with E-state index in [9.17, 15) is 19.5 Å². The van der Waals surface area contributed by atoms with Gasteiger partial charge in [-0.2, -0.15) is 0 Å². The molecule has 3 amide bonds. The number of rotatable bonds is 4. The maximum Gasteiger partial charge on any atom is 0.229 e. The maximum absolute atomic E-state index is 12.3. The van der Waals surface area contributed by atoms with Gasteiger partial charge in [-0.3, -0.25) is 19.3 Å². The minimum atomic E-state index is -0.183. The molecule has 1 N–H and O–H groups in total. The molecule has 2 aliphatic heterocycles. The fourth-order valence-electron chi connectivity index (χ4n) is 2.92. The molecule has 0 aromatic rings. The van der Waals surface area contributed by atoms with E-state index in [4.69, 9.17) is 0 Å². The van der Waals surface area contributed by atoms with Crippen molar-refractivity contribution in [3.8, 4) is 0 Å². The Morgan fingerprint density at radius 2 is 1.85 bits per heavy atom. The number of aliphatic hydroxyl groups excluding tert-OH is 1. The van der Waals surface area contributed by atoms with Crippen LogP contribution in [0.25, 0.3) is 0 Å². The van der Waals surface area contributed by atoms with Crippen LogP contribution in [0, 0.1) is 0 Å². The fourth-order valence-corrected chi connectivity index (χ4v) is 2.92. The zero-order valence-corrected chi connectivity index (χ0v) is 11.7. The summed E-state index contributed by atoms with van der Waals surface area (Å²) in [4.78, 5) is 38.1. The molecule has 2 aliphatic rings. The summed E-state index contributed by atoms with van der Waals surface area (Å²) in [6.07, 6.45) is 4.55. The molecule has 2 fully saturated rings. The molecule has 0 bridgehead atoms. The van der Waals surface area contributed by atoms with Crippen LogP contribution in [0.15, 0.2) is 0 Å². The van der Waals surface area contributed by atoms with Gasteiger partial charge in [0.1, 0.15) is 0 Å². The molecule has 0 saturated carbocycles. The molecule has 6 heteroatoms. The van der Waals surface area contributed by atoms with Crippen molar-refractivity contribution in [3.63, 3.8) is 0 Å². The van der Waals surface area contributed by atoms with E-state index >= 15 is 0 Å². The summed E-state index contributed by atoms with van der Waals surface area (Å²) in [7, 11) is 0. The summed E-state index contributed by atoms with van der Waals surface area (Å²) < 4.78 is 0. The van der Waals surface area contributed by atoms with Crippen molar-refractivity contribution in [2.45, 2.75) is 51.0 Å². The summed E-state index contributed by atoms with van der Waals surface area (Å²) in [5.74, 6) is -0.437. The summed E-state index contributed by atoms with van der Waals surface area (Å²) in [6.45, 7) is 0.810. The van der Waals surface area contributed by atoms with Crippen LogP contribution < -0.4 is 0 Å². The number of imide groups is 1. The van der Waals surface area contributed by atoms with Crippen LogP contribution in [0.1, 0.15) is 44.9 Å². The Bertz CT molecular complexity index is 381. The minimum absolute atomic E-state index is 0.0205. The standard InChI is InChI=1S/C14H22N2O4/c17-10-11-4-2-1-3-8-15(11)14(20)7-9-16-12(18)5-6-13(16)19/h11,17H,1-10H2. The van der Waals surface area contributed by atoms with Crippen molar-refractivity contribution in [2.75, 3.05) is 19.7 Å². The zero-order chi connectivity index (χ0) is 14.5. The highest BCUT2D eigenvalue weighted by molar-refractivity contribution is 6.02. The average molecular weight is 282 g/mol. The third kappa shape index (κ3) is 3.36. The zero-order valence-electron chi connectivity index (χ0n) is 11.7. The van der Waals surface area contributed by atoms with E-state index in [0.29, 0.717) is 6.54 Å². The van der Waals surface area contributed by atoms with Gasteiger partial charge in [-0.05, 0) is 12.8 Å². The summed E-state index contributed by atoms with van der Waals surface area (Å²) in [5, 5.41) is 9.39. The molecule has 0 aromatic carbocycles. The first-order chi connectivity index (χ1) is 9.63. The van der Waals surface area contributed by atoms with Gasteiger partial charge in [0.15, 0.2) is 0 Å². The molecule has 0 spiro atoms. The van der Waals surface area contributed by atoms with E-state index in [2.05, 4.69) is 0 Å². The number of hydrogen-bond acceptors (Lipinski definition) is 4. The quantitative estimate of drug-likeness (QED) is 0.752. The largest absolute Gasteiger partial charge is 0.394 e. The van der Waals surface area contributed by atoms with E-state index in [-0.39, 0.29) is 56.2 Å². The molecule has 112 valence electrons. The smallest absolute Gasteiger partial charge is 0.229 e. The van der Waals surface area contributed by atoms with Gasteiger partial charge in [0, 0.05) is 32.4 Å². The van der Waals surface area contributed by atoms with E-state index in [1.807, 2.05) is 0 Å². The molecule has 2 saturated heterocycles. The van der Waals surface area contributed by atoms with Crippen LogP contribution >= 0.6 is 0 Å². The monoisotopic (exact) mass is 282 g/mol. The van der Waals surface area contributed by atoms with Gasteiger partial charge in [-0.15, -0.1) is 0 Å². The molecular weight excluding hydrogens is 260 g/mol. The lowest BCUT2D eigenvalue weighted by atomic mass is 10.1. The van der Waals surface area contributed by atoms with Gasteiger partial charge in [-0.25, -0.2) is 0 Å². The molecule has 20 heavy (non-hydrogen) atoms. The van der Waals surface area contributed by atoms with Crippen molar-refractivity contribution in [2.24, 2.45) is 0 Å². The lowest BCUT2D eigenvalue weighted by molar-refractivity contribution is -0.140. The van der Waals surface area contributed by atoms with Crippen LogP contribution in [0.3, 0.4) is 0 Å². The second kappa shape index (κ2) is 6.83. The molecule has 0 radical (unpaired) electrons. The van der Waals surface area contributed by atoms with E-state index in [0.717, 1.165) is 25.7 Å². The van der Waals surface area contributed by atoms with Crippen molar-refractivity contribution in [3.05, 3.63) is 0 Å². The first-order valence-electron chi connectivity index (χ1n) is 7.37. The number of carbonyl (C=O) groups excluding carboxylic acids is 3. The molecule has 0 aliphatic carbocycles. The fraction of sp³-hybridized carbons (Fsp3) is 0.786. The highest BCUT2D eigenvalue weighted by Crippen LogP contribution is 2.18. The molecule has 6 nitrogen and oxygen atoms in total. The van der Waals surface area contributed by atoms with Gasteiger partial charge in [0.05, 0.1) is 12.6 Å². The van der Waals surface area contributed by atoms with Gasteiger partial charge in [0.2, 0.25) is 17.7 Å². The Morgan fingerprint density at radius 3 is 2.50 bits per heavy atom. The first-order valence-corrected chi connectivity index (χ1v) is 7.37. The predicted molar refractivity (Wildman–Crippen MR) is 71.6 cm³/mol. The Labute approximate surface area is 118 Å². The second-order valence-corrected chi connectivity index (χ2v) is 5.46. The second-order valence-electron chi connectivity index (χ2n) is 5.46. The lowest BCUT2D eigenvalue weighted by Crippen LogP contribution is -2.43. The summed E-state index contributed by atoms with van der Waals surface area (Å²) in [5.41, 5.74) is 0. The van der Waals surface area contributed by atoms with Gasteiger partial charge < -0.3 is 10.0 Å². The topological polar surface area (TPSA) is 77.9 Å². The average Bonchev–Trinajstić information content (AvgIpc) is 2.67. The van der Waals surface area contributed by atoms with E-state index in [1.54, 1.807) is 4.90 Å². The van der Waals surface area contributed by atoms with Crippen molar-refractivity contribution in [1.82, 2.24) is 9.80 Å². The van der Waals surface area contributed by atoms with Crippen LogP contribution in [-0.4, -0.2) is 58.4 Å². The van der Waals surface area contributed by atoms with E-state index < -0.39 is 0 Å². The van der Waals surface area contributed by atoms with Gasteiger partial charge >= 0.3 is 0 Å².